The molecule has 1 fully saturated rings. The Morgan fingerprint density at radius 2 is 1.70 bits per heavy atom. The second-order valence-electron chi connectivity index (χ2n) is 6.59. The molecule has 4 heteroatoms. The van der Waals surface area contributed by atoms with Crippen LogP contribution in [0.1, 0.15) is 47.5 Å². The van der Waals surface area contributed by atoms with Crippen LogP contribution in [-0.2, 0) is 0 Å². The smallest absolute Gasteiger partial charge is 0.105 e. The number of rotatable bonds is 7. The fraction of sp³-hybridized carbons (Fsp3) is 0.938. The van der Waals surface area contributed by atoms with Crippen molar-refractivity contribution in [2.75, 3.05) is 32.7 Å². The third-order valence-corrected chi connectivity index (χ3v) is 4.42. The van der Waals surface area contributed by atoms with Gasteiger partial charge in [-0.15, -0.1) is 0 Å². The molecule has 0 amide bonds. The minimum Gasteiger partial charge on any atom is -0.300 e. The van der Waals surface area contributed by atoms with Crippen LogP contribution in [0.15, 0.2) is 0 Å². The summed E-state index contributed by atoms with van der Waals surface area (Å²) in [5, 5.41) is 12.8. The van der Waals surface area contributed by atoms with Crippen LogP contribution in [0, 0.1) is 11.3 Å². The molecule has 0 aromatic rings. The molecule has 0 bridgehead atoms. The van der Waals surface area contributed by atoms with Crippen molar-refractivity contribution in [2.24, 2.45) is 0 Å². The van der Waals surface area contributed by atoms with Gasteiger partial charge in [-0.1, -0.05) is 6.92 Å². The van der Waals surface area contributed by atoms with Crippen LogP contribution in [0.4, 0.5) is 0 Å². The standard InChI is InChI=1S/C16H32N4/c1-6-7-18-16(5,13-17)12-15(4)20-10-8-19(9-11-20)14(2)3/h14-15,18H,6-12H2,1-5H3. The zero-order chi connectivity index (χ0) is 15.2. The normalized spacial score (nSPS) is 22.4. The Labute approximate surface area is 125 Å². The second kappa shape index (κ2) is 7.97. The first kappa shape index (κ1) is 17.4. The molecule has 1 saturated heterocycles. The third kappa shape index (κ3) is 5.05. The molecule has 1 N–H and O–H groups in total. The Balaban J connectivity index is 2.46. The maximum absolute atomic E-state index is 9.43. The molecule has 1 rings (SSSR count). The average molecular weight is 280 g/mol. The van der Waals surface area contributed by atoms with Crippen LogP contribution in [0.25, 0.3) is 0 Å². The molecule has 0 saturated carbocycles. The number of nitrogens with one attached hydrogen (secondary N) is 1. The van der Waals surface area contributed by atoms with Crippen molar-refractivity contribution >= 4 is 0 Å². The van der Waals surface area contributed by atoms with Gasteiger partial charge in [-0.2, -0.15) is 5.26 Å². The van der Waals surface area contributed by atoms with Crippen molar-refractivity contribution in [1.82, 2.24) is 15.1 Å². The van der Waals surface area contributed by atoms with Gasteiger partial charge in [0.05, 0.1) is 6.07 Å². The topological polar surface area (TPSA) is 42.3 Å². The Bertz CT molecular complexity index is 315. The van der Waals surface area contributed by atoms with Gasteiger partial charge in [0, 0.05) is 38.3 Å². The third-order valence-electron chi connectivity index (χ3n) is 4.42. The monoisotopic (exact) mass is 280 g/mol. The molecule has 1 heterocycles. The van der Waals surface area contributed by atoms with Crippen LogP contribution < -0.4 is 5.32 Å². The molecule has 2 atom stereocenters. The maximum atomic E-state index is 9.43. The first-order valence-corrected chi connectivity index (χ1v) is 8.06. The highest BCUT2D eigenvalue weighted by molar-refractivity contribution is 5.05. The molecule has 0 spiro atoms. The zero-order valence-corrected chi connectivity index (χ0v) is 13.9. The highest BCUT2D eigenvalue weighted by atomic mass is 15.3. The zero-order valence-electron chi connectivity index (χ0n) is 13.9. The Kier molecular flexibility index (Phi) is 6.94. The molecule has 0 aliphatic carbocycles. The van der Waals surface area contributed by atoms with Crippen molar-refractivity contribution in [1.29, 1.82) is 5.26 Å². The quantitative estimate of drug-likeness (QED) is 0.775. The van der Waals surface area contributed by atoms with Gasteiger partial charge in [0.15, 0.2) is 0 Å². The van der Waals surface area contributed by atoms with E-state index in [1.807, 2.05) is 6.92 Å². The van der Waals surface area contributed by atoms with E-state index in [0.717, 1.165) is 45.6 Å². The van der Waals surface area contributed by atoms with Gasteiger partial charge >= 0.3 is 0 Å². The molecule has 2 unspecified atom stereocenters. The lowest BCUT2D eigenvalue weighted by molar-refractivity contribution is 0.0742. The van der Waals surface area contributed by atoms with Gasteiger partial charge in [-0.05, 0) is 47.1 Å². The van der Waals surface area contributed by atoms with E-state index in [9.17, 15) is 5.26 Å². The largest absolute Gasteiger partial charge is 0.300 e. The number of hydrogen-bond donors (Lipinski definition) is 1. The lowest BCUT2D eigenvalue weighted by Gasteiger charge is -2.41. The lowest BCUT2D eigenvalue weighted by atomic mass is 9.94. The lowest BCUT2D eigenvalue weighted by Crippen LogP contribution is -2.54. The fourth-order valence-corrected chi connectivity index (χ4v) is 2.97. The summed E-state index contributed by atoms with van der Waals surface area (Å²) in [7, 11) is 0. The molecule has 0 aromatic heterocycles. The van der Waals surface area contributed by atoms with E-state index >= 15 is 0 Å². The van der Waals surface area contributed by atoms with Gasteiger partial charge in [0.2, 0.25) is 0 Å². The summed E-state index contributed by atoms with van der Waals surface area (Å²) < 4.78 is 0. The summed E-state index contributed by atoms with van der Waals surface area (Å²) in [5.41, 5.74) is -0.398. The molecule has 20 heavy (non-hydrogen) atoms. The van der Waals surface area contributed by atoms with Crippen LogP contribution >= 0.6 is 0 Å². The molecule has 0 radical (unpaired) electrons. The van der Waals surface area contributed by atoms with Crippen molar-refractivity contribution in [3.63, 3.8) is 0 Å². The molecule has 1 aliphatic rings. The Hall–Kier alpha value is -0.630. The van der Waals surface area contributed by atoms with Crippen molar-refractivity contribution in [3.8, 4) is 6.07 Å². The van der Waals surface area contributed by atoms with Crippen LogP contribution in [-0.4, -0.2) is 60.1 Å². The van der Waals surface area contributed by atoms with Gasteiger partial charge in [0.1, 0.15) is 5.54 Å². The van der Waals surface area contributed by atoms with Crippen LogP contribution in [0.3, 0.4) is 0 Å². The van der Waals surface area contributed by atoms with E-state index in [0.29, 0.717) is 12.1 Å². The minimum atomic E-state index is -0.398. The van der Waals surface area contributed by atoms with Crippen molar-refractivity contribution in [2.45, 2.75) is 65.1 Å². The Morgan fingerprint density at radius 1 is 1.15 bits per heavy atom. The first-order chi connectivity index (χ1) is 9.41. The minimum absolute atomic E-state index is 0.398. The molecule has 1 aliphatic heterocycles. The summed E-state index contributed by atoms with van der Waals surface area (Å²) in [6, 6.07) is 3.56. The summed E-state index contributed by atoms with van der Waals surface area (Å²) >= 11 is 0. The van der Waals surface area contributed by atoms with Gasteiger partial charge in [-0.3, -0.25) is 15.1 Å². The highest BCUT2D eigenvalue weighted by Gasteiger charge is 2.30. The average Bonchev–Trinajstić information content (AvgIpc) is 2.45. The van der Waals surface area contributed by atoms with E-state index in [2.05, 4.69) is 48.9 Å². The van der Waals surface area contributed by atoms with Gasteiger partial charge < -0.3 is 0 Å². The van der Waals surface area contributed by atoms with Crippen molar-refractivity contribution in [3.05, 3.63) is 0 Å². The molecular weight excluding hydrogens is 248 g/mol. The summed E-state index contributed by atoms with van der Waals surface area (Å²) in [4.78, 5) is 5.06. The van der Waals surface area contributed by atoms with E-state index < -0.39 is 5.54 Å². The van der Waals surface area contributed by atoms with E-state index in [4.69, 9.17) is 0 Å². The van der Waals surface area contributed by atoms with Crippen LogP contribution in [0.2, 0.25) is 0 Å². The number of nitrogens with zero attached hydrogens (tertiary/aromatic N) is 3. The van der Waals surface area contributed by atoms with E-state index in [1.165, 1.54) is 0 Å². The van der Waals surface area contributed by atoms with Gasteiger partial charge in [0.25, 0.3) is 0 Å². The fourth-order valence-electron chi connectivity index (χ4n) is 2.97. The van der Waals surface area contributed by atoms with Crippen molar-refractivity contribution < 1.29 is 0 Å². The number of nitriles is 1. The van der Waals surface area contributed by atoms with Gasteiger partial charge in [-0.25, -0.2) is 0 Å². The van der Waals surface area contributed by atoms with E-state index in [-0.39, 0.29) is 0 Å². The maximum Gasteiger partial charge on any atom is 0.105 e. The SMILES string of the molecule is CCCNC(C)(C#N)CC(C)N1CCN(C(C)C)CC1. The number of hydrogen-bond acceptors (Lipinski definition) is 4. The highest BCUT2D eigenvalue weighted by Crippen LogP contribution is 2.18. The summed E-state index contributed by atoms with van der Waals surface area (Å²) in [6.07, 6.45) is 1.96. The first-order valence-electron chi connectivity index (χ1n) is 8.06. The summed E-state index contributed by atoms with van der Waals surface area (Å²) in [6.45, 7) is 16.4. The Morgan fingerprint density at radius 3 is 2.15 bits per heavy atom. The predicted octanol–water partition coefficient (Wildman–Crippen LogP) is 2.07. The van der Waals surface area contributed by atoms with Crippen LogP contribution in [0.5, 0.6) is 0 Å². The summed E-state index contributed by atoms with van der Waals surface area (Å²) in [5.74, 6) is 0. The molecule has 4 nitrogen and oxygen atoms in total. The second-order valence-corrected chi connectivity index (χ2v) is 6.59. The molecular formula is C16H32N4. The molecule has 0 aromatic carbocycles. The number of piperazine rings is 1. The molecule has 116 valence electrons. The van der Waals surface area contributed by atoms with E-state index in [1.54, 1.807) is 0 Å². The predicted molar refractivity (Wildman–Crippen MR) is 84.7 cm³/mol.